The van der Waals surface area contributed by atoms with Crippen LogP contribution in [0.5, 0.6) is 0 Å². The quantitative estimate of drug-likeness (QED) is 0.739. The Kier molecular flexibility index (Phi) is 3.19. The molecule has 0 saturated carbocycles. The highest BCUT2D eigenvalue weighted by atomic mass is 15.2. The maximum absolute atomic E-state index is 4.17. The number of hydrogen-bond acceptors (Lipinski definition) is 2. The van der Waals surface area contributed by atoms with Gasteiger partial charge in [0.1, 0.15) is 0 Å². The highest BCUT2D eigenvalue weighted by Gasteiger charge is 2.03. The largest absolute Gasteiger partial charge is 0.296 e. The van der Waals surface area contributed by atoms with Crippen molar-refractivity contribution in [3.8, 4) is 11.1 Å². The van der Waals surface area contributed by atoms with Crippen LogP contribution in [0.1, 0.15) is 11.1 Å². The average molecular weight is 225 g/mol. The highest BCUT2D eigenvalue weighted by Crippen LogP contribution is 2.22. The van der Waals surface area contributed by atoms with Gasteiger partial charge in [-0.3, -0.25) is 9.67 Å². The third kappa shape index (κ3) is 2.33. The van der Waals surface area contributed by atoms with E-state index in [9.17, 15) is 0 Å². The van der Waals surface area contributed by atoms with Crippen LogP contribution < -0.4 is 0 Å². The van der Waals surface area contributed by atoms with E-state index in [4.69, 9.17) is 0 Å². The fourth-order valence-electron chi connectivity index (χ4n) is 1.76. The van der Waals surface area contributed by atoms with Crippen molar-refractivity contribution in [1.29, 1.82) is 0 Å². The monoisotopic (exact) mass is 225 g/mol. The third-order valence-electron chi connectivity index (χ3n) is 2.61. The van der Waals surface area contributed by atoms with Gasteiger partial charge in [0.15, 0.2) is 0 Å². The van der Waals surface area contributed by atoms with E-state index < -0.39 is 0 Å². The minimum Gasteiger partial charge on any atom is -0.296 e. The van der Waals surface area contributed by atoms with Crippen LogP contribution in [0.25, 0.3) is 17.2 Å². The van der Waals surface area contributed by atoms with E-state index in [1.807, 2.05) is 37.8 Å². The van der Waals surface area contributed by atoms with Gasteiger partial charge in [0.05, 0.1) is 6.20 Å². The van der Waals surface area contributed by atoms with E-state index in [2.05, 4.69) is 28.8 Å². The normalized spacial score (nSPS) is 10.9. The van der Waals surface area contributed by atoms with E-state index in [-0.39, 0.29) is 0 Å². The first-order valence-electron chi connectivity index (χ1n) is 5.42. The van der Waals surface area contributed by atoms with Gasteiger partial charge < -0.3 is 0 Å². The Labute approximate surface area is 101 Å². The summed E-state index contributed by atoms with van der Waals surface area (Å²) in [6, 6.07) is 6.22. The lowest BCUT2D eigenvalue weighted by molar-refractivity contribution is 0.768. The van der Waals surface area contributed by atoms with Gasteiger partial charge >= 0.3 is 0 Å². The fourth-order valence-corrected chi connectivity index (χ4v) is 1.76. The van der Waals surface area contributed by atoms with Crippen LogP contribution in [0.15, 0.2) is 42.2 Å². The number of aromatic nitrogens is 2. The summed E-state index contributed by atoms with van der Waals surface area (Å²) in [5, 5.41) is 4.17. The minimum absolute atomic E-state index is 1.08. The Morgan fingerprint density at radius 3 is 2.71 bits per heavy atom. The zero-order valence-corrected chi connectivity index (χ0v) is 10.1. The van der Waals surface area contributed by atoms with Crippen molar-refractivity contribution >= 4 is 12.3 Å². The van der Waals surface area contributed by atoms with Crippen molar-refractivity contribution in [1.82, 2.24) is 9.78 Å². The van der Waals surface area contributed by atoms with Crippen molar-refractivity contribution in [3.05, 3.63) is 48.3 Å². The number of aliphatic imine (C=N–C) groups is 1. The molecule has 0 radical (unpaired) electrons. The Morgan fingerprint density at radius 2 is 2.12 bits per heavy atom. The molecule has 0 aliphatic carbocycles. The molecule has 0 amide bonds. The van der Waals surface area contributed by atoms with Crippen molar-refractivity contribution in [2.75, 3.05) is 7.05 Å². The molecular formula is C14H15N3. The molecule has 0 atom stereocenters. The maximum atomic E-state index is 4.17. The predicted octanol–water partition coefficient (Wildman–Crippen LogP) is 2.78. The lowest BCUT2D eigenvalue weighted by atomic mass is 10.0. The molecule has 1 heterocycles. The first kappa shape index (κ1) is 11.3. The van der Waals surface area contributed by atoms with Crippen molar-refractivity contribution in [2.24, 2.45) is 12.0 Å². The van der Waals surface area contributed by atoms with Crippen LogP contribution in [-0.2, 0) is 7.05 Å². The number of aryl methyl sites for hydroxylation is 1. The molecule has 1 aromatic carbocycles. The Morgan fingerprint density at radius 1 is 1.29 bits per heavy atom. The molecule has 1 aromatic heterocycles. The lowest BCUT2D eigenvalue weighted by Gasteiger charge is -2.03. The van der Waals surface area contributed by atoms with Crippen molar-refractivity contribution < 1.29 is 0 Å². The second-order valence-electron chi connectivity index (χ2n) is 3.84. The molecule has 0 spiro atoms. The van der Waals surface area contributed by atoms with Crippen LogP contribution in [0, 0.1) is 0 Å². The molecule has 3 nitrogen and oxygen atoms in total. The van der Waals surface area contributed by atoms with Gasteiger partial charge in [-0.2, -0.15) is 5.10 Å². The molecule has 2 aromatic rings. The van der Waals surface area contributed by atoms with Gasteiger partial charge in [-0.1, -0.05) is 24.8 Å². The van der Waals surface area contributed by atoms with Crippen LogP contribution in [0.3, 0.4) is 0 Å². The van der Waals surface area contributed by atoms with Gasteiger partial charge in [0, 0.05) is 32.1 Å². The average Bonchev–Trinajstić information content (AvgIpc) is 2.77. The summed E-state index contributed by atoms with van der Waals surface area (Å²) >= 11 is 0. The molecule has 2 rings (SSSR count). The smallest absolute Gasteiger partial charge is 0.0568 e. The summed E-state index contributed by atoms with van der Waals surface area (Å²) in [6.07, 6.45) is 7.53. The van der Waals surface area contributed by atoms with Crippen molar-refractivity contribution in [2.45, 2.75) is 0 Å². The molecule has 0 N–H and O–H groups in total. The number of nitrogens with zero attached hydrogens (tertiary/aromatic N) is 3. The zero-order valence-electron chi connectivity index (χ0n) is 10.1. The first-order chi connectivity index (χ1) is 8.24. The predicted molar refractivity (Wildman–Crippen MR) is 72.3 cm³/mol. The minimum atomic E-state index is 1.08. The van der Waals surface area contributed by atoms with Crippen LogP contribution >= 0.6 is 0 Å². The molecular weight excluding hydrogens is 210 g/mol. The number of hydrogen-bond donors (Lipinski definition) is 0. The second kappa shape index (κ2) is 4.78. The summed E-state index contributed by atoms with van der Waals surface area (Å²) in [6.45, 7) is 3.83. The van der Waals surface area contributed by atoms with E-state index in [0.717, 1.165) is 22.3 Å². The Balaban J connectivity index is 2.48. The highest BCUT2D eigenvalue weighted by molar-refractivity contribution is 5.87. The van der Waals surface area contributed by atoms with E-state index in [1.165, 1.54) is 0 Å². The molecule has 0 fully saturated rings. The summed E-state index contributed by atoms with van der Waals surface area (Å²) < 4.78 is 1.80. The van der Waals surface area contributed by atoms with Gasteiger partial charge in [-0.05, 0) is 22.8 Å². The SMILES string of the molecule is C=Cc1cc(-c2cnn(C)c2)ccc1C=NC. The van der Waals surface area contributed by atoms with Gasteiger partial charge in [-0.25, -0.2) is 0 Å². The fraction of sp³-hybridized carbons (Fsp3) is 0.143. The van der Waals surface area contributed by atoms with Gasteiger partial charge in [-0.15, -0.1) is 0 Å². The van der Waals surface area contributed by atoms with Crippen LogP contribution in [-0.4, -0.2) is 23.0 Å². The molecule has 3 heteroatoms. The zero-order chi connectivity index (χ0) is 12.3. The summed E-state index contributed by atoms with van der Waals surface area (Å²) in [5.41, 5.74) is 4.41. The summed E-state index contributed by atoms with van der Waals surface area (Å²) in [5.74, 6) is 0. The van der Waals surface area contributed by atoms with Crippen LogP contribution in [0.4, 0.5) is 0 Å². The molecule has 0 bridgehead atoms. The number of benzene rings is 1. The molecule has 0 unspecified atom stereocenters. The van der Waals surface area contributed by atoms with E-state index in [1.54, 1.807) is 11.7 Å². The van der Waals surface area contributed by atoms with Gasteiger partial charge in [0.25, 0.3) is 0 Å². The second-order valence-corrected chi connectivity index (χ2v) is 3.84. The lowest BCUT2D eigenvalue weighted by Crippen LogP contribution is -1.88. The summed E-state index contributed by atoms with van der Waals surface area (Å²) in [7, 11) is 3.68. The maximum Gasteiger partial charge on any atom is 0.0568 e. The molecule has 0 aliphatic heterocycles. The topological polar surface area (TPSA) is 30.2 Å². The summed E-state index contributed by atoms with van der Waals surface area (Å²) in [4.78, 5) is 4.03. The molecule has 0 saturated heterocycles. The molecule has 17 heavy (non-hydrogen) atoms. The van der Waals surface area contributed by atoms with Gasteiger partial charge in [0.2, 0.25) is 0 Å². The molecule has 86 valence electrons. The number of rotatable bonds is 3. The van der Waals surface area contributed by atoms with E-state index >= 15 is 0 Å². The standard InChI is InChI=1S/C14H15N3/c1-4-11-7-12(5-6-13(11)8-15-2)14-9-16-17(3)10-14/h4-10H,1H2,2-3H3. The van der Waals surface area contributed by atoms with E-state index in [0.29, 0.717) is 0 Å². The van der Waals surface area contributed by atoms with Crippen LogP contribution in [0.2, 0.25) is 0 Å². The van der Waals surface area contributed by atoms with Crippen molar-refractivity contribution in [3.63, 3.8) is 0 Å². The first-order valence-corrected chi connectivity index (χ1v) is 5.42. The molecule has 0 aliphatic rings. The Bertz CT molecular complexity index is 565. The third-order valence-corrected chi connectivity index (χ3v) is 2.61. The Hall–Kier alpha value is -2.16.